The average Bonchev–Trinajstić information content (AvgIpc) is 2.50. The minimum absolute atomic E-state index is 0.298. The molecule has 1 aromatic rings. The highest BCUT2D eigenvalue weighted by molar-refractivity contribution is 7.99. The molecule has 0 aromatic carbocycles. The van der Waals surface area contributed by atoms with Gasteiger partial charge in [-0.1, -0.05) is 0 Å². The van der Waals surface area contributed by atoms with Crippen LogP contribution in [-0.4, -0.2) is 27.9 Å². The number of nitrogen functional groups attached to an aromatic ring is 1. The molecule has 0 radical (unpaired) electrons. The number of ether oxygens (including phenoxy) is 1. The molecule has 0 bridgehead atoms. The molecule has 2 atom stereocenters. The van der Waals surface area contributed by atoms with E-state index < -0.39 is 0 Å². The Kier molecular flexibility index (Phi) is 3.11. The van der Waals surface area contributed by atoms with Gasteiger partial charge in [-0.05, 0) is 20.3 Å². The lowest BCUT2D eigenvalue weighted by Gasteiger charge is -2.12. The molecule has 1 aliphatic rings. The van der Waals surface area contributed by atoms with Crippen molar-refractivity contribution in [2.45, 2.75) is 36.6 Å². The quantitative estimate of drug-likeness (QED) is 0.775. The molecule has 2 rings (SSSR count). The predicted octanol–water partition coefficient (Wildman–Crippen LogP) is 1.64. The summed E-state index contributed by atoms with van der Waals surface area (Å²) in [4.78, 5) is 8.40. The van der Waals surface area contributed by atoms with Gasteiger partial charge in [0.05, 0.1) is 6.10 Å². The van der Waals surface area contributed by atoms with Gasteiger partial charge in [-0.15, -0.1) is 11.8 Å². The summed E-state index contributed by atoms with van der Waals surface area (Å²) in [5.74, 6) is 1.26. The molecule has 1 saturated heterocycles. The van der Waals surface area contributed by atoms with Crippen LogP contribution in [0, 0.1) is 6.92 Å². The number of aryl methyl sites for hydroxylation is 1. The van der Waals surface area contributed by atoms with Gasteiger partial charge in [0.2, 0.25) is 0 Å². The molecule has 1 aromatic heterocycles. The van der Waals surface area contributed by atoms with Crippen LogP contribution in [0.4, 0.5) is 5.82 Å². The fraction of sp³-hybridized carbons (Fsp3) is 0.600. The third-order valence-corrected chi connectivity index (χ3v) is 3.79. The highest BCUT2D eigenvalue weighted by atomic mass is 32.2. The summed E-state index contributed by atoms with van der Waals surface area (Å²) in [6, 6.07) is 1.82. The van der Waals surface area contributed by atoms with Gasteiger partial charge in [-0.3, -0.25) is 0 Å². The lowest BCUT2D eigenvalue weighted by atomic mass is 10.3. The van der Waals surface area contributed by atoms with Crippen LogP contribution in [-0.2, 0) is 4.74 Å². The van der Waals surface area contributed by atoms with Crippen molar-refractivity contribution in [1.29, 1.82) is 0 Å². The third-order valence-electron chi connectivity index (χ3n) is 2.41. The van der Waals surface area contributed by atoms with Gasteiger partial charge < -0.3 is 10.5 Å². The van der Waals surface area contributed by atoms with E-state index in [4.69, 9.17) is 10.5 Å². The highest BCUT2D eigenvalue weighted by Crippen LogP contribution is 2.31. The zero-order valence-electron chi connectivity index (χ0n) is 8.93. The Balaban J connectivity index is 2.10. The summed E-state index contributed by atoms with van der Waals surface area (Å²) in [5.41, 5.74) is 5.67. The first kappa shape index (κ1) is 10.7. The largest absolute Gasteiger partial charge is 0.384 e. The molecule has 15 heavy (non-hydrogen) atoms. The zero-order chi connectivity index (χ0) is 10.8. The van der Waals surface area contributed by atoms with E-state index in [0.717, 1.165) is 23.9 Å². The Morgan fingerprint density at radius 3 is 2.93 bits per heavy atom. The number of nitrogens with two attached hydrogens (primary N) is 1. The number of rotatable bonds is 2. The van der Waals surface area contributed by atoms with Crippen molar-refractivity contribution in [3.63, 3.8) is 0 Å². The third kappa shape index (κ3) is 2.60. The molecule has 82 valence electrons. The maximum absolute atomic E-state index is 5.67. The van der Waals surface area contributed by atoms with Gasteiger partial charge in [0, 0.05) is 17.9 Å². The summed E-state index contributed by atoms with van der Waals surface area (Å²) >= 11 is 1.73. The SMILES string of the molecule is Cc1nc(N)cc(SC2CCOC2C)n1. The van der Waals surface area contributed by atoms with Gasteiger partial charge in [0.25, 0.3) is 0 Å². The first-order valence-electron chi connectivity index (χ1n) is 5.04. The van der Waals surface area contributed by atoms with Gasteiger partial charge in [-0.2, -0.15) is 0 Å². The second-order valence-electron chi connectivity index (χ2n) is 3.70. The van der Waals surface area contributed by atoms with E-state index in [0.29, 0.717) is 17.2 Å². The Hall–Kier alpha value is -0.810. The molecule has 2 N–H and O–H groups in total. The molecule has 5 heteroatoms. The Labute approximate surface area is 93.6 Å². The monoisotopic (exact) mass is 225 g/mol. The predicted molar refractivity (Wildman–Crippen MR) is 60.9 cm³/mol. The van der Waals surface area contributed by atoms with Crippen molar-refractivity contribution >= 4 is 17.6 Å². The van der Waals surface area contributed by atoms with Crippen LogP contribution in [0.15, 0.2) is 11.1 Å². The molecule has 2 heterocycles. The van der Waals surface area contributed by atoms with E-state index in [2.05, 4.69) is 16.9 Å². The average molecular weight is 225 g/mol. The molecular weight excluding hydrogens is 210 g/mol. The minimum atomic E-state index is 0.298. The summed E-state index contributed by atoms with van der Waals surface area (Å²) in [7, 11) is 0. The number of nitrogens with zero attached hydrogens (tertiary/aromatic N) is 2. The molecular formula is C10H15N3OS. The maximum Gasteiger partial charge on any atom is 0.128 e. The van der Waals surface area contributed by atoms with Gasteiger partial charge in [-0.25, -0.2) is 9.97 Å². The van der Waals surface area contributed by atoms with Crippen molar-refractivity contribution in [3.8, 4) is 0 Å². The van der Waals surface area contributed by atoms with Crippen LogP contribution in [0.5, 0.6) is 0 Å². The Bertz CT molecular complexity index is 338. The van der Waals surface area contributed by atoms with Crippen LogP contribution in [0.2, 0.25) is 0 Å². The van der Waals surface area contributed by atoms with Gasteiger partial charge >= 0.3 is 0 Å². The van der Waals surface area contributed by atoms with Crippen LogP contribution in [0.3, 0.4) is 0 Å². The van der Waals surface area contributed by atoms with Crippen LogP contribution < -0.4 is 5.73 Å². The number of thioether (sulfide) groups is 1. The fourth-order valence-corrected chi connectivity index (χ4v) is 2.81. The first-order chi connectivity index (χ1) is 7.15. The van der Waals surface area contributed by atoms with E-state index in [1.807, 2.05) is 13.0 Å². The summed E-state index contributed by atoms with van der Waals surface area (Å²) in [5, 5.41) is 1.43. The fourth-order valence-electron chi connectivity index (χ4n) is 1.64. The molecule has 0 saturated carbocycles. The van der Waals surface area contributed by atoms with E-state index in [9.17, 15) is 0 Å². The van der Waals surface area contributed by atoms with Gasteiger partial charge in [0.1, 0.15) is 16.7 Å². The van der Waals surface area contributed by atoms with Crippen molar-refractivity contribution in [2.24, 2.45) is 0 Å². The molecule has 0 amide bonds. The minimum Gasteiger partial charge on any atom is -0.384 e. The second-order valence-corrected chi connectivity index (χ2v) is 4.96. The Morgan fingerprint density at radius 2 is 2.33 bits per heavy atom. The van der Waals surface area contributed by atoms with Crippen molar-refractivity contribution in [2.75, 3.05) is 12.3 Å². The van der Waals surface area contributed by atoms with Crippen molar-refractivity contribution in [1.82, 2.24) is 9.97 Å². The molecule has 2 unspecified atom stereocenters. The van der Waals surface area contributed by atoms with E-state index in [1.54, 1.807) is 11.8 Å². The summed E-state index contributed by atoms with van der Waals surface area (Å²) < 4.78 is 5.50. The Morgan fingerprint density at radius 1 is 1.53 bits per heavy atom. The van der Waals surface area contributed by atoms with E-state index in [1.165, 1.54) is 0 Å². The van der Waals surface area contributed by atoms with E-state index >= 15 is 0 Å². The van der Waals surface area contributed by atoms with Crippen molar-refractivity contribution < 1.29 is 4.74 Å². The molecule has 0 aliphatic carbocycles. The number of hydrogen-bond acceptors (Lipinski definition) is 5. The van der Waals surface area contributed by atoms with Crippen molar-refractivity contribution in [3.05, 3.63) is 11.9 Å². The molecule has 4 nitrogen and oxygen atoms in total. The standard InChI is InChI=1S/C10H15N3OS/c1-6-8(3-4-14-6)15-10-5-9(11)12-7(2)13-10/h5-6,8H,3-4H2,1-2H3,(H2,11,12,13). The molecule has 1 aliphatic heterocycles. The number of aromatic nitrogens is 2. The summed E-state index contributed by atoms with van der Waals surface area (Å²) in [6.45, 7) is 4.80. The van der Waals surface area contributed by atoms with E-state index in [-0.39, 0.29) is 0 Å². The lowest BCUT2D eigenvalue weighted by Crippen LogP contribution is -2.13. The summed E-state index contributed by atoms with van der Waals surface area (Å²) in [6.07, 6.45) is 1.38. The van der Waals surface area contributed by atoms with Crippen LogP contribution in [0.25, 0.3) is 0 Å². The van der Waals surface area contributed by atoms with Crippen LogP contribution >= 0.6 is 11.8 Å². The zero-order valence-corrected chi connectivity index (χ0v) is 9.75. The topological polar surface area (TPSA) is 61.0 Å². The highest BCUT2D eigenvalue weighted by Gasteiger charge is 2.25. The number of hydrogen-bond donors (Lipinski definition) is 1. The first-order valence-corrected chi connectivity index (χ1v) is 5.92. The second kappa shape index (κ2) is 4.37. The maximum atomic E-state index is 5.67. The molecule has 1 fully saturated rings. The number of anilines is 1. The van der Waals surface area contributed by atoms with Crippen LogP contribution in [0.1, 0.15) is 19.2 Å². The van der Waals surface area contributed by atoms with Gasteiger partial charge in [0.15, 0.2) is 0 Å². The normalized spacial score (nSPS) is 25.7. The smallest absolute Gasteiger partial charge is 0.128 e. The molecule has 0 spiro atoms. The lowest BCUT2D eigenvalue weighted by molar-refractivity contribution is 0.127.